The number of nitrogen functional groups attached to an aromatic ring is 1. The standard InChI is InChI=1S/C8H10ClN.C7H8N2/c9-7-10-6-8-4-2-1-3-5-8;8-7(9)6-4-2-1-3-5-6/h1-5,10H,6-7H2;1-5H,(H3,8,9). The van der Waals surface area contributed by atoms with Crippen LogP contribution in [0.15, 0.2) is 60.7 Å². The Morgan fingerprint density at radius 3 is 1.95 bits per heavy atom. The van der Waals surface area contributed by atoms with Crippen LogP contribution in [0.25, 0.3) is 0 Å². The van der Waals surface area contributed by atoms with Crippen LogP contribution in [-0.2, 0) is 6.54 Å². The summed E-state index contributed by atoms with van der Waals surface area (Å²) in [5, 5.41) is 10.0. The van der Waals surface area contributed by atoms with Gasteiger partial charge in [-0.1, -0.05) is 60.7 Å². The first-order chi connectivity index (χ1) is 9.24. The SMILES string of the molecule is ClCNCc1ccccc1.N=C(N)c1ccccc1. The zero-order valence-electron chi connectivity index (χ0n) is 10.6. The molecule has 0 radical (unpaired) electrons. The number of hydrogen-bond acceptors (Lipinski definition) is 2. The van der Waals surface area contributed by atoms with Gasteiger partial charge in [-0.15, -0.1) is 11.6 Å². The van der Waals surface area contributed by atoms with E-state index < -0.39 is 0 Å². The molecule has 2 aromatic rings. The maximum absolute atomic E-state index is 7.01. The number of rotatable bonds is 4. The molecule has 0 aliphatic rings. The monoisotopic (exact) mass is 275 g/mol. The largest absolute Gasteiger partial charge is 0.384 e. The molecule has 2 aromatic carbocycles. The Morgan fingerprint density at radius 2 is 1.53 bits per heavy atom. The lowest BCUT2D eigenvalue weighted by molar-refractivity contribution is 0.791. The van der Waals surface area contributed by atoms with Crippen LogP contribution in [0, 0.1) is 5.41 Å². The van der Waals surface area contributed by atoms with Crippen LogP contribution in [-0.4, -0.2) is 11.8 Å². The number of amidine groups is 1. The van der Waals surface area contributed by atoms with Gasteiger partial charge in [-0.05, 0) is 5.56 Å². The van der Waals surface area contributed by atoms with Gasteiger partial charge < -0.3 is 5.73 Å². The number of benzene rings is 2. The van der Waals surface area contributed by atoms with E-state index in [-0.39, 0.29) is 5.84 Å². The molecule has 0 atom stereocenters. The minimum Gasteiger partial charge on any atom is -0.384 e. The normalized spacial score (nSPS) is 9.32. The Kier molecular flexibility index (Phi) is 7.32. The third kappa shape index (κ3) is 6.60. The maximum atomic E-state index is 7.01. The van der Waals surface area contributed by atoms with Gasteiger partial charge in [-0.25, -0.2) is 0 Å². The van der Waals surface area contributed by atoms with Gasteiger partial charge in [0.25, 0.3) is 0 Å². The summed E-state index contributed by atoms with van der Waals surface area (Å²) in [7, 11) is 0. The molecule has 0 saturated heterocycles. The van der Waals surface area contributed by atoms with Crippen LogP contribution >= 0.6 is 11.6 Å². The molecule has 100 valence electrons. The van der Waals surface area contributed by atoms with Gasteiger partial charge in [0.1, 0.15) is 5.84 Å². The lowest BCUT2D eigenvalue weighted by Crippen LogP contribution is -2.10. The third-order valence-electron chi connectivity index (χ3n) is 2.35. The van der Waals surface area contributed by atoms with E-state index >= 15 is 0 Å². The molecule has 19 heavy (non-hydrogen) atoms. The molecule has 4 heteroatoms. The topological polar surface area (TPSA) is 61.9 Å². The van der Waals surface area contributed by atoms with Crippen molar-refractivity contribution in [3.05, 3.63) is 71.8 Å². The highest BCUT2D eigenvalue weighted by Gasteiger charge is 1.89. The van der Waals surface area contributed by atoms with Gasteiger partial charge in [0, 0.05) is 12.1 Å². The second-order valence-corrected chi connectivity index (χ2v) is 4.09. The van der Waals surface area contributed by atoms with Crippen molar-refractivity contribution in [3.8, 4) is 0 Å². The molecule has 0 spiro atoms. The van der Waals surface area contributed by atoms with E-state index in [9.17, 15) is 0 Å². The predicted molar refractivity (Wildman–Crippen MR) is 81.5 cm³/mol. The van der Waals surface area contributed by atoms with E-state index in [4.69, 9.17) is 22.7 Å². The molecule has 0 saturated carbocycles. The smallest absolute Gasteiger partial charge is 0.122 e. The summed E-state index contributed by atoms with van der Waals surface area (Å²) in [6.45, 7) is 0.852. The van der Waals surface area contributed by atoms with Gasteiger partial charge in [0.2, 0.25) is 0 Å². The highest BCUT2D eigenvalue weighted by molar-refractivity contribution is 6.17. The van der Waals surface area contributed by atoms with E-state index in [0.717, 1.165) is 12.1 Å². The van der Waals surface area contributed by atoms with E-state index in [1.165, 1.54) is 5.56 Å². The molecule has 4 N–H and O–H groups in total. The average Bonchev–Trinajstić information content (AvgIpc) is 2.48. The van der Waals surface area contributed by atoms with E-state index in [1.807, 2.05) is 48.5 Å². The van der Waals surface area contributed by atoms with Crippen molar-refractivity contribution in [1.29, 1.82) is 5.41 Å². The molecule has 0 unspecified atom stereocenters. The van der Waals surface area contributed by atoms with Crippen molar-refractivity contribution in [3.63, 3.8) is 0 Å². The van der Waals surface area contributed by atoms with Crippen molar-refractivity contribution < 1.29 is 0 Å². The molecule has 0 bridgehead atoms. The quantitative estimate of drug-likeness (QED) is 0.348. The number of halogens is 1. The van der Waals surface area contributed by atoms with Crippen molar-refractivity contribution in [2.24, 2.45) is 5.73 Å². The predicted octanol–water partition coefficient (Wildman–Crippen LogP) is 2.94. The summed E-state index contributed by atoms with van der Waals surface area (Å²) in [6.07, 6.45) is 0. The van der Waals surface area contributed by atoms with Crippen LogP contribution in [0.3, 0.4) is 0 Å². The third-order valence-corrected chi connectivity index (χ3v) is 2.54. The fourth-order valence-electron chi connectivity index (χ4n) is 1.41. The van der Waals surface area contributed by atoms with Gasteiger partial charge in [0.05, 0.1) is 6.00 Å². The van der Waals surface area contributed by atoms with Crippen LogP contribution in [0.2, 0.25) is 0 Å². The van der Waals surface area contributed by atoms with Gasteiger partial charge >= 0.3 is 0 Å². The second-order valence-electron chi connectivity index (χ2n) is 3.83. The first-order valence-electron chi connectivity index (χ1n) is 5.94. The van der Waals surface area contributed by atoms with Gasteiger partial charge in [-0.2, -0.15) is 0 Å². The first-order valence-corrected chi connectivity index (χ1v) is 6.47. The van der Waals surface area contributed by atoms with Crippen LogP contribution in [0.1, 0.15) is 11.1 Å². The van der Waals surface area contributed by atoms with Crippen LogP contribution in [0.5, 0.6) is 0 Å². The summed E-state index contributed by atoms with van der Waals surface area (Å²) in [5.41, 5.74) is 7.24. The van der Waals surface area contributed by atoms with Gasteiger partial charge in [-0.3, -0.25) is 10.7 Å². The van der Waals surface area contributed by atoms with E-state index in [1.54, 1.807) is 0 Å². The number of nitrogens with two attached hydrogens (primary N) is 1. The molecule has 0 heterocycles. The fourth-order valence-corrected chi connectivity index (χ4v) is 1.50. The molecule has 0 amide bonds. The van der Waals surface area contributed by atoms with Crippen LogP contribution in [0.4, 0.5) is 0 Å². The zero-order valence-corrected chi connectivity index (χ0v) is 11.4. The maximum Gasteiger partial charge on any atom is 0.122 e. The fraction of sp³-hybridized carbons (Fsp3) is 0.133. The Labute approximate surface area is 118 Å². The summed E-state index contributed by atoms with van der Waals surface area (Å²) in [4.78, 5) is 0. The molecular formula is C15H18ClN3. The van der Waals surface area contributed by atoms with Crippen molar-refractivity contribution in [2.75, 3.05) is 6.00 Å². The molecule has 0 aliphatic carbocycles. The molecule has 0 aliphatic heterocycles. The van der Waals surface area contributed by atoms with Crippen molar-refractivity contribution >= 4 is 17.4 Å². The minimum atomic E-state index is 0.121. The van der Waals surface area contributed by atoms with Crippen molar-refractivity contribution in [2.45, 2.75) is 6.54 Å². The summed E-state index contributed by atoms with van der Waals surface area (Å²) in [5.74, 6) is 0.121. The molecule has 2 rings (SSSR count). The molecule has 3 nitrogen and oxygen atoms in total. The second kappa shape index (κ2) is 9.14. The summed E-state index contributed by atoms with van der Waals surface area (Å²) < 4.78 is 0. The Balaban J connectivity index is 0.000000191. The Hall–Kier alpha value is -1.84. The Morgan fingerprint density at radius 1 is 1.00 bits per heavy atom. The number of alkyl halides is 1. The van der Waals surface area contributed by atoms with E-state index in [0.29, 0.717) is 6.00 Å². The average molecular weight is 276 g/mol. The molecule has 0 fully saturated rings. The summed E-state index contributed by atoms with van der Waals surface area (Å²) in [6, 6.07) is 19.9. The minimum absolute atomic E-state index is 0.121. The lowest BCUT2D eigenvalue weighted by atomic mass is 10.2. The van der Waals surface area contributed by atoms with Crippen LogP contribution < -0.4 is 11.1 Å². The highest BCUT2D eigenvalue weighted by Crippen LogP contribution is 1.96. The first kappa shape index (κ1) is 15.2. The summed E-state index contributed by atoms with van der Waals surface area (Å²) >= 11 is 5.44. The van der Waals surface area contributed by atoms with Crippen molar-refractivity contribution in [1.82, 2.24) is 5.32 Å². The molecule has 0 aromatic heterocycles. The zero-order chi connectivity index (χ0) is 13.9. The molecular weight excluding hydrogens is 258 g/mol. The van der Waals surface area contributed by atoms with Gasteiger partial charge in [0.15, 0.2) is 0 Å². The number of hydrogen-bond donors (Lipinski definition) is 3. The van der Waals surface area contributed by atoms with E-state index in [2.05, 4.69) is 17.4 Å². The number of nitrogens with one attached hydrogen (secondary N) is 2. The lowest BCUT2D eigenvalue weighted by Gasteiger charge is -1.98. The Bertz CT molecular complexity index is 471. The highest BCUT2D eigenvalue weighted by atomic mass is 35.5.